The molecule has 2 N–H and O–H groups in total. The van der Waals surface area contributed by atoms with E-state index in [1.165, 1.54) is 43.6 Å². The summed E-state index contributed by atoms with van der Waals surface area (Å²) >= 11 is 0. The highest BCUT2D eigenvalue weighted by Crippen LogP contribution is 2.31. The van der Waals surface area contributed by atoms with Gasteiger partial charge in [-0.3, -0.25) is 9.97 Å². The molecule has 4 aromatic heterocycles. The van der Waals surface area contributed by atoms with Gasteiger partial charge in [0.2, 0.25) is 0 Å². The molecular weight excluding hydrogens is 468 g/mol. The van der Waals surface area contributed by atoms with Crippen molar-refractivity contribution in [2.75, 3.05) is 13.1 Å². The molecule has 6 rings (SSSR count). The summed E-state index contributed by atoms with van der Waals surface area (Å²) in [6.45, 7) is 9.82. The number of unbranched alkanes of at least 4 members (excludes halogenated alkanes) is 1. The van der Waals surface area contributed by atoms with Crippen LogP contribution in [0, 0.1) is 0 Å². The van der Waals surface area contributed by atoms with Gasteiger partial charge in [-0.1, -0.05) is 36.4 Å². The summed E-state index contributed by atoms with van der Waals surface area (Å²) in [7, 11) is 0. The monoisotopic (exact) mass is 504 g/mol. The van der Waals surface area contributed by atoms with E-state index in [1.807, 2.05) is 12.4 Å². The van der Waals surface area contributed by atoms with Crippen molar-refractivity contribution in [2.24, 2.45) is 0 Å². The average molecular weight is 505 g/mol. The van der Waals surface area contributed by atoms with E-state index < -0.39 is 0 Å². The van der Waals surface area contributed by atoms with E-state index in [2.05, 4.69) is 94.3 Å². The number of aryl methyl sites for hydroxylation is 2. The summed E-state index contributed by atoms with van der Waals surface area (Å²) in [6, 6.07) is 21.6. The summed E-state index contributed by atoms with van der Waals surface area (Å²) in [5.74, 6) is 0. The minimum absolute atomic E-state index is 0.786. The number of aromatic nitrogens is 4. The first-order valence-corrected chi connectivity index (χ1v) is 13.9. The number of benzene rings is 2. The number of fused-ring (bicyclic) bond motifs is 6. The number of nitrogens with zero attached hydrogens (tertiary/aromatic N) is 4. The zero-order valence-electron chi connectivity index (χ0n) is 22.4. The summed E-state index contributed by atoms with van der Waals surface area (Å²) < 4.78 is 4.79. The highest BCUT2D eigenvalue weighted by Gasteiger charge is 2.14. The number of hydrogen-bond acceptors (Lipinski definition) is 4. The third kappa shape index (κ3) is 4.34. The Labute approximate surface area is 223 Å². The van der Waals surface area contributed by atoms with Crippen LogP contribution >= 0.6 is 0 Å². The molecule has 0 fully saturated rings. The minimum atomic E-state index is 0.786. The number of para-hydroxylation sites is 2. The summed E-state index contributed by atoms with van der Waals surface area (Å²) in [5.41, 5.74) is 7.35. The van der Waals surface area contributed by atoms with Crippen LogP contribution in [0.2, 0.25) is 0 Å². The fourth-order valence-electron chi connectivity index (χ4n) is 5.98. The Hall–Kier alpha value is -3.74. The van der Waals surface area contributed by atoms with E-state index in [9.17, 15) is 0 Å². The molecule has 0 aliphatic heterocycles. The van der Waals surface area contributed by atoms with Crippen LogP contribution in [0.3, 0.4) is 0 Å². The SMILES string of the molecule is CCn1c2ccccc2c2ccnc(CNCCCCNCc3nccc4c5ccccc5n(CC)c34)c21. The molecule has 6 heteroatoms. The summed E-state index contributed by atoms with van der Waals surface area (Å²) in [4.78, 5) is 9.48. The highest BCUT2D eigenvalue weighted by atomic mass is 15.0. The molecule has 0 saturated heterocycles. The quantitative estimate of drug-likeness (QED) is 0.201. The van der Waals surface area contributed by atoms with E-state index in [-0.39, 0.29) is 0 Å². The maximum absolute atomic E-state index is 4.74. The van der Waals surface area contributed by atoms with E-state index in [4.69, 9.17) is 9.97 Å². The average Bonchev–Trinajstić information content (AvgIpc) is 3.48. The van der Waals surface area contributed by atoms with Crippen LogP contribution in [-0.4, -0.2) is 32.2 Å². The lowest BCUT2D eigenvalue weighted by Crippen LogP contribution is -2.20. The van der Waals surface area contributed by atoms with E-state index >= 15 is 0 Å². The molecule has 38 heavy (non-hydrogen) atoms. The molecule has 0 saturated carbocycles. The van der Waals surface area contributed by atoms with Crippen LogP contribution in [0.5, 0.6) is 0 Å². The second-order valence-electron chi connectivity index (χ2n) is 9.89. The molecule has 6 nitrogen and oxygen atoms in total. The molecule has 2 aromatic carbocycles. The zero-order valence-corrected chi connectivity index (χ0v) is 22.4. The first-order chi connectivity index (χ1) is 18.8. The molecule has 0 radical (unpaired) electrons. The number of rotatable bonds is 11. The van der Waals surface area contributed by atoms with Gasteiger partial charge in [-0.15, -0.1) is 0 Å². The molecule has 0 amide bonds. The molecule has 0 atom stereocenters. The Morgan fingerprint density at radius 1 is 0.579 bits per heavy atom. The van der Waals surface area contributed by atoms with Crippen molar-refractivity contribution in [2.45, 2.75) is 52.9 Å². The summed E-state index contributed by atoms with van der Waals surface area (Å²) in [6.07, 6.45) is 6.13. The van der Waals surface area contributed by atoms with Crippen molar-refractivity contribution >= 4 is 43.6 Å². The Morgan fingerprint density at radius 3 is 1.47 bits per heavy atom. The van der Waals surface area contributed by atoms with Crippen LogP contribution in [0.15, 0.2) is 73.1 Å². The van der Waals surface area contributed by atoms with Crippen molar-refractivity contribution in [3.63, 3.8) is 0 Å². The van der Waals surface area contributed by atoms with Gasteiger partial charge in [-0.2, -0.15) is 0 Å². The van der Waals surface area contributed by atoms with Gasteiger partial charge in [-0.25, -0.2) is 0 Å². The van der Waals surface area contributed by atoms with E-state index in [0.29, 0.717) is 0 Å². The number of hydrogen-bond donors (Lipinski definition) is 2. The van der Waals surface area contributed by atoms with Gasteiger partial charge in [0.25, 0.3) is 0 Å². The maximum Gasteiger partial charge on any atom is 0.0784 e. The first kappa shape index (κ1) is 24.6. The zero-order chi connectivity index (χ0) is 25.9. The number of nitrogens with one attached hydrogen (secondary N) is 2. The van der Waals surface area contributed by atoms with Crippen LogP contribution in [0.4, 0.5) is 0 Å². The predicted octanol–water partition coefficient (Wildman–Crippen LogP) is 6.39. The molecule has 194 valence electrons. The number of pyridine rings is 2. The lowest BCUT2D eigenvalue weighted by molar-refractivity contribution is 0.577. The largest absolute Gasteiger partial charge is 0.339 e. The van der Waals surface area contributed by atoms with Crippen molar-refractivity contribution < 1.29 is 0 Å². The lowest BCUT2D eigenvalue weighted by Gasteiger charge is -2.10. The van der Waals surface area contributed by atoms with Crippen LogP contribution < -0.4 is 10.6 Å². The second kappa shape index (κ2) is 10.9. The molecular formula is C32H36N6. The Morgan fingerprint density at radius 2 is 1.03 bits per heavy atom. The highest BCUT2D eigenvalue weighted by molar-refractivity contribution is 6.09. The second-order valence-corrected chi connectivity index (χ2v) is 9.89. The topological polar surface area (TPSA) is 59.7 Å². The molecule has 0 bridgehead atoms. The Bertz CT molecular complexity index is 1580. The molecule has 0 unspecified atom stereocenters. The fourth-order valence-corrected chi connectivity index (χ4v) is 5.98. The smallest absolute Gasteiger partial charge is 0.0784 e. The normalized spacial score (nSPS) is 11.9. The van der Waals surface area contributed by atoms with Gasteiger partial charge in [0.1, 0.15) is 0 Å². The van der Waals surface area contributed by atoms with Crippen molar-refractivity contribution in [1.29, 1.82) is 0 Å². The minimum Gasteiger partial charge on any atom is -0.339 e. The summed E-state index contributed by atoms with van der Waals surface area (Å²) in [5, 5.41) is 12.5. The Kier molecular flexibility index (Phi) is 7.08. The standard InChI is InChI=1S/C32H36N6/c1-3-37-29-13-7-5-11-23(29)25-15-19-35-27(31(25)37)21-33-17-9-10-18-34-22-28-32-26(16-20-36-28)24-12-6-8-14-30(24)38(32)4-2/h5-8,11-16,19-20,33-34H,3-4,9-10,17-18,21-22H2,1-2H3. The van der Waals surface area contributed by atoms with Crippen molar-refractivity contribution in [1.82, 2.24) is 29.7 Å². The Balaban J connectivity index is 1.03. The van der Waals surface area contributed by atoms with Crippen molar-refractivity contribution in [3.05, 3.63) is 84.4 Å². The fraction of sp³-hybridized carbons (Fsp3) is 0.312. The molecule has 6 aromatic rings. The molecule has 4 heterocycles. The third-order valence-corrected chi connectivity index (χ3v) is 7.68. The predicted molar refractivity (Wildman–Crippen MR) is 158 cm³/mol. The maximum atomic E-state index is 4.74. The first-order valence-electron chi connectivity index (χ1n) is 13.9. The van der Waals surface area contributed by atoms with E-state index in [1.54, 1.807) is 0 Å². The van der Waals surface area contributed by atoms with Crippen LogP contribution in [0.25, 0.3) is 43.6 Å². The van der Waals surface area contributed by atoms with Gasteiger partial charge in [0.05, 0.1) is 22.4 Å². The molecule has 0 aliphatic rings. The van der Waals surface area contributed by atoms with Crippen LogP contribution in [-0.2, 0) is 26.2 Å². The lowest BCUT2D eigenvalue weighted by atomic mass is 10.1. The van der Waals surface area contributed by atoms with Crippen molar-refractivity contribution in [3.8, 4) is 0 Å². The van der Waals surface area contributed by atoms with Gasteiger partial charge < -0.3 is 19.8 Å². The van der Waals surface area contributed by atoms with E-state index in [0.717, 1.165) is 63.5 Å². The van der Waals surface area contributed by atoms with Gasteiger partial charge in [0, 0.05) is 71.2 Å². The molecule has 0 aliphatic carbocycles. The van der Waals surface area contributed by atoms with Gasteiger partial charge in [-0.05, 0) is 64.0 Å². The van der Waals surface area contributed by atoms with Crippen LogP contribution in [0.1, 0.15) is 38.1 Å². The molecule has 0 spiro atoms. The van der Waals surface area contributed by atoms with Gasteiger partial charge in [0.15, 0.2) is 0 Å². The third-order valence-electron chi connectivity index (χ3n) is 7.68. The van der Waals surface area contributed by atoms with Gasteiger partial charge >= 0.3 is 0 Å².